The Morgan fingerprint density at radius 1 is 1.12 bits per heavy atom. The molecule has 1 aliphatic rings. The molecule has 1 aliphatic heterocycles. The summed E-state index contributed by atoms with van der Waals surface area (Å²) in [5, 5.41) is 0. The second kappa shape index (κ2) is 6.71. The summed E-state index contributed by atoms with van der Waals surface area (Å²) in [7, 11) is 0. The highest BCUT2D eigenvalue weighted by Crippen LogP contribution is 2.34. The van der Waals surface area contributed by atoms with Crippen LogP contribution in [0.25, 0.3) is 22.4 Å². The third kappa shape index (κ3) is 3.16. The first-order valence-corrected chi connectivity index (χ1v) is 8.94. The maximum atomic E-state index is 5.54. The van der Waals surface area contributed by atoms with Crippen LogP contribution in [-0.2, 0) is 0 Å². The van der Waals surface area contributed by atoms with E-state index in [0.717, 1.165) is 47.2 Å². The number of rotatable bonds is 3. The molecular weight excluding hydrogens is 310 g/mol. The Hall–Kier alpha value is -2.62. The van der Waals surface area contributed by atoms with Crippen molar-refractivity contribution in [3.8, 4) is 22.4 Å². The lowest BCUT2D eigenvalue weighted by molar-refractivity contribution is 0.442. The van der Waals surface area contributed by atoms with Gasteiger partial charge in [0.2, 0.25) is 5.95 Å². The van der Waals surface area contributed by atoms with Gasteiger partial charge in [-0.1, -0.05) is 37.3 Å². The van der Waals surface area contributed by atoms with Gasteiger partial charge in [0, 0.05) is 30.4 Å². The highest BCUT2D eigenvalue weighted by molar-refractivity contribution is 5.81. The van der Waals surface area contributed by atoms with E-state index in [1.807, 2.05) is 37.4 Å². The van der Waals surface area contributed by atoms with E-state index in [-0.39, 0.29) is 0 Å². The molecule has 1 saturated heterocycles. The SMILES string of the molecule is Cc1occc1-c1nc(N2CCCC(C)C2)ncc1-c1ccccc1. The Morgan fingerprint density at radius 3 is 2.68 bits per heavy atom. The minimum absolute atomic E-state index is 0.685. The molecule has 4 nitrogen and oxygen atoms in total. The van der Waals surface area contributed by atoms with Gasteiger partial charge in [-0.05, 0) is 37.3 Å². The minimum atomic E-state index is 0.685. The van der Waals surface area contributed by atoms with Crippen LogP contribution >= 0.6 is 0 Å². The molecule has 4 heteroatoms. The summed E-state index contributed by atoms with van der Waals surface area (Å²) in [6.07, 6.45) is 6.17. The van der Waals surface area contributed by atoms with Crippen molar-refractivity contribution in [1.29, 1.82) is 0 Å². The standard InChI is InChI=1S/C21H23N3O/c1-15-7-6-11-24(14-15)21-22-13-19(17-8-4-3-5-9-17)20(23-21)18-10-12-25-16(18)2/h3-5,8-10,12-13,15H,6-7,11,14H2,1-2H3. The topological polar surface area (TPSA) is 42.2 Å². The molecule has 128 valence electrons. The van der Waals surface area contributed by atoms with Crippen molar-refractivity contribution in [3.05, 3.63) is 54.6 Å². The third-order valence-electron chi connectivity index (χ3n) is 4.91. The van der Waals surface area contributed by atoms with Crippen LogP contribution < -0.4 is 4.90 Å². The molecular formula is C21H23N3O. The first kappa shape index (κ1) is 15.9. The van der Waals surface area contributed by atoms with Gasteiger partial charge in [-0.15, -0.1) is 0 Å². The Morgan fingerprint density at radius 2 is 1.96 bits per heavy atom. The zero-order chi connectivity index (χ0) is 17.2. The van der Waals surface area contributed by atoms with Crippen LogP contribution in [0.2, 0.25) is 0 Å². The van der Waals surface area contributed by atoms with Gasteiger partial charge in [-0.3, -0.25) is 0 Å². The van der Waals surface area contributed by atoms with Gasteiger partial charge < -0.3 is 9.32 Å². The number of hydrogen-bond acceptors (Lipinski definition) is 4. The van der Waals surface area contributed by atoms with E-state index in [9.17, 15) is 0 Å². The van der Waals surface area contributed by atoms with E-state index in [1.54, 1.807) is 6.26 Å². The van der Waals surface area contributed by atoms with Crippen LogP contribution in [0.4, 0.5) is 5.95 Å². The maximum absolute atomic E-state index is 5.54. The van der Waals surface area contributed by atoms with Crippen molar-refractivity contribution in [2.75, 3.05) is 18.0 Å². The van der Waals surface area contributed by atoms with E-state index in [2.05, 4.69) is 24.0 Å². The van der Waals surface area contributed by atoms with Crippen LogP contribution in [0.3, 0.4) is 0 Å². The van der Waals surface area contributed by atoms with Crippen LogP contribution in [-0.4, -0.2) is 23.1 Å². The Balaban J connectivity index is 1.82. The summed E-state index contributed by atoms with van der Waals surface area (Å²) in [6, 6.07) is 12.3. The predicted octanol–water partition coefficient (Wildman–Crippen LogP) is 4.95. The molecule has 2 aromatic heterocycles. The summed E-state index contributed by atoms with van der Waals surface area (Å²) in [5.74, 6) is 2.39. The Kier molecular flexibility index (Phi) is 4.26. The summed E-state index contributed by atoms with van der Waals surface area (Å²) >= 11 is 0. The number of piperidine rings is 1. The van der Waals surface area contributed by atoms with Crippen molar-refractivity contribution in [3.63, 3.8) is 0 Å². The second-order valence-electron chi connectivity index (χ2n) is 6.88. The molecule has 1 unspecified atom stereocenters. The van der Waals surface area contributed by atoms with Gasteiger partial charge in [-0.2, -0.15) is 0 Å². The molecule has 0 spiro atoms. The zero-order valence-electron chi connectivity index (χ0n) is 14.8. The van der Waals surface area contributed by atoms with Crippen molar-refractivity contribution < 1.29 is 4.42 Å². The van der Waals surface area contributed by atoms with Gasteiger partial charge >= 0.3 is 0 Å². The molecule has 3 heterocycles. The predicted molar refractivity (Wildman–Crippen MR) is 101 cm³/mol. The fraction of sp³-hybridized carbons (Fsp3) is 0.333. The number of aromatic nitrogens is 2. The van der Waals surface area contributed by atoms with Crippen molar-refractivity contribution in [1.82, 2.24) is 9.97 Å². The van der Waals surface area contributed by atoms with Crippen LogP contribution in [0.15, 0.2) is 53.3 Å². The third-order valence-corrected chi connectivity index (χ3v) is 4.91. The molecule has 4 rings (SSSR count). The van der Waals surface area contributed by atoms with Crippen molar-refractivity contribution >= 4 is 5.95 Å². The monoisotopic (exact) mass is 333 g/mol. The van der Waals surface area contributed by atoms with Gasteiger partial charge in [0.05, 0.1) is 12.0 Å². The largest absolute Gasteiger partial charge is 0.469 e. The highest BCUT2D eigenvalue weighted by Gasteiger charge is 2.21. The fourth-order valence-electron chi connectivity index (χ4n) is 3.56. The van der Waals surface area contributed by atoms with Crippen LogP contribution in [0.1, 0.15) is 25.5 Å². The van der Waals surface area contributed by atoms with E-state index in [1.165, 1.54) is 12.8 Å². The summed E-state index contributed by atoms with van der Waals surface area (Å²) in [4.78, 5) is 12.0. The van der Waals surface area contributed by atoms with E-state index in [0.29, 0.717) is 5.92 Å². The molecule has 1 fully saturated rings. The molecule has 1 aromatic carbocycles. The lowest BCUT2D eigenvalue weighted by Crippen LogP contribution is -2.35. The summed E-state index contributed by atoms with van der Waals surface area (Å²) in [5.41, 5.74) is 4.14. The fourth-order valence-corrected chi connectivity index (χ4v) is 3.56. The molecule has 0 bridgehead atoms. The normalized spacial score (nSPS) is 17.7. The quantitative estimate of drug-likeness (QED) is 0.680. The highest BCUT2D eigenvalue weighted by atomic mass is 16.3. The van der Waals surface area contributed by atoms with E-state index in [4.69, 9.17) is 14.4 Å². The molecule has 0 radical (unpaired) electrons. The van der Waals surface area contributed by atoms with Gasteiger partial charge in [-0.25, -0.2) is 9.97 Å². The molecule has 3 aromatic rings. The smallest absolute Gasteiger partial charge is 0.225 e. The summed E-state index contributed by atoms with van der Waals surface area (Å²) in [6.45, 7) is 6.33. The lowest BCUT2D eigenvalue weighted by Gasteiger charge is -2.31. The molecule has 0 N–H and O–H groups in total. The van der Waals surface area contributed by atoms with Crippen molar-refractivity contribution in [2.45, 2.75) is 26.7 Å². The average Bonchev–Trinajstić information content (AvgIpc) is 3.08. The molecule has 0 amide bonds. The zero-order valence-corrected chi connectivity index (χ0v) is 14.8. The first-order chi connectivity index (χ1) is 12.2. The molecule has 0 aliphatic carbocycles. The number of benzene rings is 1. The van der Waals surface area contributed by atoms with E-state index >= 15 is 0 Å². The number of aryl methyl sites for hydroxylation is 1. The van der Waals surface area contributed by atoms with Gasteiger partial charge in [0.15, 0.2) is 0 Å². The maximum Gasteiger partial charge on any atom is 0.225 e. The Labute approximate surface area is 148 Å². The second-order valence-corrected chi connectivity index (χ2v) is 6.88. The van der Waals surface area contributed by atoms with Crippen LogP contribution in [0, 0.1) is 12.8 Å². The molecule has 1 atom stereocenters. The van der Waals surface area contributed by atoms with Gasteiger partial charge in [0.25, 0.3) is 0 Å². The average molecular weight is 333 g/mol. The molecule has 25 heavy (non-hydrogen) atoms. The first-order valence-electron chi connectivity index (χ1n) is 8.94. The van der Waals surface area contributed by atoms with E-state index < -0.39 is 0 Å². The number of furan rings is 1. The van der Waals surface area contributed by atoms with Crippen LogP contribution in [0.5, 0.6) is 0 Å². The Bertz CT molecular complexity index is 857. The number of anilines is 1. The number of hydrogen-bond donors (Lipinski definition) is 0. The number of nitrogens with zero attached hydrogens (tertiary/aromatic N) is 3. The minimum Gasteiger partial charge on any atom is -0.469 e. The van der Waals surface area contributed by atoms with Crippen molar-refractivity contribution in [2.24, 2.45) is 5.92 Å². The summed E-state index contributed by atoms with van der Waals surface area (Å²) < 4.78 is 5.54. The molecule has 0 saturated carbocycles. The lowest BCUT2D eigenvalue weighted by atomic mass is 10.00. The van der Waals surface area contributed by atoms with Gasteiger partial charge in [0.1, 0.15) is 5.76 Å².